The molecule has 1 amide bonds. The summed E-state index contributed by atoms with van der Waals surface area (Å²) in [5.74, 6) is 0.604. The summed E-state index contributed by atoms with van der Waals surface area (Å²) in [6, 6.07) is 20.8. The molecule has 1 aromatic heterocycles. The lowest BCUT2D eigenvalue weighted by Gasteiger charge is -2.19. The summed E-state index contributed by atoms with van der Waals surface area (Å²) in [4.78, 5) is 17.3. The number of carbonyl (C=O) groups excluding carboxylic acids is 1. The van der Waals surface area contributed by atoms with E-state index in [0.717, 1.165) is 16.8 Å². The lowest BCUT2D eigenvalue weighted by Crippen LogP contribution is -2.36. The number of anilines is 1. The SMILES string of the molecule is CC(Oc1nc(-c2ccccc2)ccc1NCC(N)CS)C(=O)NCc1ccccc1Cl. The van der Waals surface area contributed by atoms with Gasteiger partial charge >= 0.3 is 0 Å². The van der Waals surface area contributed by atoms with Gasteiger partial charge in [0.15, 0.2) is 6.10 Å². The number of thiol groups is 1. The van der Waals surface area contributed by atoms with Crippen LogP contribution in [0.2, 0.25) is 5.02 Å². The molecule has 3 aromatic rings. The third-order valence-electron chi connectivity index (χ3n) is 4.79. The number of aromatic nitrogens is 1. The Bertz CT molecular complexity index is 1040. The monoisotopic (exact) mass is 470 g/mol. The second-order valence-electron chi connectivity index (χ2n) is 7.31. The Kier molecular flexibility index (Phi) is 8.79. The molecule has 0 aliphatic heterocycles. The van der Waals surface area contributed by atoms with Crippen molar-refractivity contribution in [3.63, 3.8) is 0 Å². The molecular weight excluding hydrogens is 444 g/mol. The van der Waals surface area contributed by atoms with E-state index in [4.69, 9.17) is 22.1 Å². The van der Waals surface area contributed by atoms with Gasteiger partial charge < -0.3 is 21.1 Å². The summed E-state index contributed by atoms with van der Waals surface area (Å²) < 4.78 is 5.98. The van der Waals surface area contributed by atoms with Crippen molar-refractivity contribution >= 4 is 35.8 Å². The van der Waals surface area contributed by atoms with E-state index in [2.05, 4.69) is 28.2 Å². The number of benzene rings is 2. The molecule has 2 atom stereocenters. The first-order chi connectivity index (χ1) is 15.5. The topological polar surface area (TPSA) is 89.3 Å². The highest BCUT2D eigenvalue weighted by Gasteiger charge is 2.19. The van der Waals surface area contributed by atoms with Gasteiger partial charge in [-0.1, -0.05) is 60.1 Å². The molecular formula is C24H27ClN4O2S. The maximum atomic E-state index is 12.7. The lowest BCUT2D eigenvalue weighted by atomic mass is 10.1. The van der Waals surface area contributed by atoms with E-state index in [9.17, 15) is 4.79 Å². The van der Waals surface area contributed by atoms with Gasteiger partial charge in [0.25, 0.3) is 5.91 Å². The molecule has 0 radical (unpaired) electrons. The Hall–Kier alpha value is -2.74. The van der Waals surface area contributed by atoms with Crippen LogP contribution in [0.3, 0.4) is 0 Å². The van der Waals surface area contributed by atoms with Crippen molar-refractivity contribution < 1.29 is 9.53 Å². The van der Waals surface area contributed by atoms with E-state index >= 15 is 0 Å². The van der Waals surface area contributed by atoms with Gasteiger partial charge in [-0.3, -0.25) is 4.79 Å². The highest BCUT2D eigenvalue weighted by molar-refractivity contribution is 7.80. The molecule has 0 fully saturated rings. The average Bonchev–Trinajstić information content (AvgIpc) is 2.82. The number of pyridine rings is 1. The van der Waals surface area contributed by atoms with Crippen LogP contribution in [0.4, 0.5) is 5.69 Å². The normalized spacial score (nSPS) is 12.6. The molecule has 0 aliphatic rings. The molecule has 168 valence electrons. The summed E-state index contributed by atoms with van der Waals surface area (Å²) in [7, 11) is 0. The minimum Gasteiger partial charge on any atom is -0.463 e. The van der Waals surface area contributed by atoms with E-state index in [1.165, 1.54) is 0 Å². The van der Waals surface area contributed by atoms with Crippen LogP contribution in [0, 0.1) is 0 Å². The standard InChI is InChI=1S/C24H27ClN4O2S/c1-16(23(30)28-13-18-9-5-6-10-20(18)25)31-24-22(27-14-19(26)15-32)12-11-21(29-24)17-7-3-2-4-8-17/h2-12,16,19,27,32H,13-15,26H2,1H3,(H,28,30). The number of nitrogens with two attached hydrogens (primary N) is 1. The fraction of sp³-hybridized carbons (Fsp3) is 0.250. The Morgan fingerprint density at radius 1 is 1.12 bits per heavy atom. The molecule has 1 heterocycles. The zero-order chi connectivity index (χ0) is 22.9. The van der Waals surface area contributed by atoms with Gasteiger partial charge in [0.05, 0.1) is 11.4 Å². The maximum Gasteiger partial charge on any atom is 0.261 e. The van der Waals surface area contributed by atoms with Crippen molar-refractivity contribution in [1.82, 2.24) is 10.3 Å². The van der Waals surface area contributed by atoms with Crippen molar-refractivity contribution in [2.75, 3.05) is 17.6 Å². The summed E-state index contributed by atoms with van der Waals surface area (Å²) in [5.41, 5.74) is 9.16. The Balaban J connectivity index is 1.75. The van der Waals surface area contributed by atoms with Crippen molar-refractivity contribution in [2.24, 2.45) is 5.73 Å². The molecule has 0 spiro atoms. The largest absolute Gasteiger partial charge is 0.463 e. The average molecular weight is 471 g/mol. The number of nitrogens with zero attached hydrogens (tertiary/aromatic N) is 1. The number of nitrogens with one attached hydrogen (secondary N) is 2. The van der Waals surface area contributed by atoms with E-state index in [-0.39, 0.29) is 11.9 Å². The molecule has 0 saturated heterocycles. The molecule has 0 saturated carbocycles. The molecule has 4 N–H and O–H groups in total. The maximum absolute atomic E-state index is 12.7. The van der Waals surface area contributed by atoms with Gasteiger partial charge in [0.1, 0.15) is 0 Å². The molecule has 32 heavy (non-hydrogen) atoms. The summed E-state index contributed by atoms with van der Waals surface area (Å²) >= 11 is 10.4. The van der Waals surface area contributed by atoms with E-state index in [1.807, 2.05) is 60.7 Å². The fourth-order valence-electron chi connectivity index (χ4n) is 2.93. The zero-order valence-corrected chi connectivity index (χ0v) is 19.4. The zero-order valence-electron chi connectivity index (χ0n) is 17.8. The highest BCUT2D eigenvalue weighted by Crippen LogP contribution is 2.28. The van der Waals surface area contributed by atoms with Crippen LogP contribution in [-0.2, 0) is 11.3 Å². The van der Waals surface area contributed by atoms with Crippen LogP contribution in [0.25, 0.3) is 11.3 Å². The molecule has 2 aromatic carbocycles. The van der Waals surface area contributed by atoms with Crippen LogP contribution in [0.1, 0.15) is 12.5 Å². The van der Waals surface area contributed by atoms with E-state index < -0.39 is 6.10 Å². The summed E-state index contributed by atoms with van der Waals surface area (Å²) in [6.45, 7) is 2.49. The molecule has 0 bridgehead atoms. The minimum absolute atomic E-state index is 0.128. The number of hydrogen-bond acceptors (Lipinski definition) is 6. The summed E-state index contributed by atoms with van der Waals surface area (Å²) in [5, 5.41) is 6.70. The third-order valence-corrected chi connectivity index (χ3v) is 5.63. The van der Waals surface area contributed by atoms with Crippen molar-refractivity contribution in [3.8, 4) is 17.1 Å². The van der Waals surface area contributed by atoms with Gasteiger partial charge in [0.2, 0.25) is 5.88 Å². The van der Waals surface area contributed by atoms with Crippen LogP contribution in [-0.4, -0.2) is 35.3 Å². The molecule has 0 aliphatic carbocycles. The first kappa shape index (κ1) is 23.9. The predicted octanol–water partition coefficient (Wildman–Crippen LogP) is 4.15. The first-order valence-corrected chi connectivity index (χ1v) is 11.3. The van der Waals surface area contributed by atoms with E-state index in [1.54, 1.807) is 13.0 Å². The lowest BCUT2D eigenvalue weighted by molar-refractivity contribution is -0.127. The molecule has 8 heteroatoms. The summed E-state index contributed by atoms with van der Waals surface area (Å²) in [6.07, 6.45) is -0.768. The second-order valence-corrected chi connectivity index (χ2v) is 8.08. The number of ether oxygens (including phenoxy) is 1. The Morgan fingerprint density at radius 3 is 2.56 bits per heavy atom. The van der Waals surface area contributed by atoms with Gasteiger partial charge in [0, 0.05) is 35.5 Å². The predicted molar refractivity (Wildman–Crippen MR) is 133 cm³/mol. The Labute approximate surface area is 198 Å². The van der Waals surface area contributed by atoms with Gasteiger partial charge in [-0.2, -0.15) is 12.6 Å². The highest BCUT2D eigenvalue weighted by atomic mass is 35.5. The van der Waals surface area contributed by atoms with Crippen LogP contribution in [0.5, 0.6) is 5.88 Å². The van der Waals surface area contributed by atoms with Gasteiger partial charge in [-0.25, -0.2) is 4.98 Å². The number of rotatable bonds is 10. The Morgan fingerprint density at radius 2 is 1.84 bits per heavy atom. The quantitative estimate of drug-likeness (QED) is 0.334. The number of halogens is 1. The second kappa shape index (κ2) is 11.8. The minimum atomic E-state index is -0.768. The van der Waals surface area contributed by atoms with Gasteiger partial charge in [-0.15, -0.1) is 0 Å². The van der Waals surface area contributed by atoms with Crippen molar-refractivity contribution in [3.05, 3.63) is 77.3 Å². The first-order valence-electron chi connectivity index (χ1n) is 10.3. The third kappa shape index (κ3) is 6.63. The van der Waals surface area contributed by atoms with Gasteiger partial charge in [-0.05, 0) is 30.7 Å². The van der Waals surface area contributed by atoms with Crippen molar-refractivity contribution in [1.29, 1.82) is 0 Å². The molecule has 6 nitrogen and oxygen atoms in total. The van der Waals surface area contributed by atoms with Crippen LogP contribution < -0.4 is 21.1 Å². The molecule has 2 unspecified atom stereocenters. The number of hydrogen-bond donors (Lipinski definition) is 4. The van der Waals surface area contributed by atoms with Crippen LogP contribution >= 0.6 is 24.2 Å². The number of carbonyl (C=O) groups is 1. The molecule has 3 rings (SSSR count). The van der Waals surface area contributed by atoms with Crippen molar-refractivity contribution in [2.45, 2.75) is 25.6 Å². The van der Waals surface area contributed by atoms with Crippen LogP contribution in [0.15, 0.2) is 66.7 Å². The fourth-order valence-corrected chi connectivity index (χ4v) is 3.26. The smallest absolute Gasteiger partial charge is 0.261 e. The number of amides is 1. The van der Waals surface area contributed by atoms with E-state index in [0.29, 0.717) is 35.4 Å².